The fraction of sp³-hybridized carbons (Fsp3) is 0.227. The number of Topliss-reactive ketones (excluding diaryl/α,β-unsaturated/α-hetero) is 1. The molecule has 0 fully saturated rings. The van der Waals surface area contributed by atoms with Gasteiger partial charge in [-0.3, -0.25) is 14.4 Å². The Bertz CT molecular complexity index is 1100. The van der Waals surface area contributed by atoms with E-state index in [-0.39, 0.29) is 29.8 Å². The van der Waals surface area contributed by atoms with Gasteiger partial charge in [0.15, 0.2) is 11.5 Å². The van der Waals surface area contributed by atoms with Gasteiger partial charge < -0.3 is 10.6 Å². The first kappa shape index (κ1) is 20.9. The van der Waals surface area contributed by atoms with E-state index in [0.29, 0.717) is 16.9 Å². The van der Waals surface area contributed by atoms with Gasteiger partial charge in [0.05, 0.1) is 5.69 Å². The molecule has 3 rings (SSSR count). The van der Waals surface area contributed by atoms with Crippen molar-refractivity contribution >= 4 is 29.0 Å². The zero-order chi connectivity index (χ0) is 21.7. The number of para-hydroxylation sites is 1. The molecule has 0 aliphatic carbocycles. The molecule has 1 heterocycles. The molecule has 1 aromatic heterocycles. The van der Waals surface area contributed by atoms with Crippen LogP contribution in [0.3, 0.4) is 0 Å². The minimum absolute atomic E-state index is 0.0847. The lowest BCUT2D eigenvalue weighted by Gasteiger charge is -2.09. The molecule has 0 radical (unpaired) electrons. The number of carbonyl (C=O) groups excluding carboxylic acids is 3. The Labute approximate surface area is 174 Å². The molecular weight excluding hydrogens is 382 g/mol. The number of benzene rings is 2. The van der Waals surface area contributed by atoms with E-state index >= 15 is 0 Å². The molecule has 0 aliphatic rings. The highest BCUT2D eigenvalue weighted by atomic mass is 16.2. The summed E-state index contributed by atoms with van der Waals surface area (Å²) in [5.41, 5.74) is 3.40. The van der Waals surface area contributed by atoms with E-state index in [1.165, 1.54) is 11.6 Å². The molecule has 0 aliphatic heterocycles. The maximum atomic E-state index is 12.6. The van der Waals surface area contributed by atoms with Crippen molar-refractivity contribution in [1.82, 2.24) is 15.0 Å². The van der Waals surface area contributed by atoms with Crippen molar-refractivity contribution < 1.29 is 14.4 Å². The van der Waals surface area contributed by atoms with E-state index in [2.05, 4.69) is 20.9 Å². The number of rotatable bonds is 7. The Balaban J connectivity index is 1.69. The highest BCUT2D eigenvalue weighted by Crippen LogP contribution is 2.17. The summed E-state index contributed by atoms with van der Waals surface area (Å²) in [6.07, 6.45) is 0.785. The lowest BCUT2D eigenvalue weighted by molar-refractivity contribution is -0.117. The minimum Gasteiger partial charge on any atom is -0.324 e. The topological polar surface area (TPSA) is 106 Å². The summed E-state index contributed by atoms with van der Waals surface area (Å²) in [4.78, 5) is 36.5. The summed E-state index contributed by atoms with van der Waals surface area (Å²) >= 11 is 0. The fourth-order valence-corrected chi connectivity index (χ4v) is 3.00. The summed E-state index contributed by atoms with van der Waals surface area (Å²) in [7, 11) is 0. The predicted octanol–water partition coefficient (Wildman–Crippen LogP) is 3.24. The molecule has 0 saturated heterocycles. The zero-order valence-corrected chi connectivity index (χ0v) is 17.1. The van der Waals surface area contributed by atoms with Gasteiger partial charge >= 0.3 is 0 Å². The van der Waals surface area contributed by atoms with E-state index in [1.807, 2.05) is 31.2 Å². The summed E-state index contributed by atoms with van der Waals surface area (Å²) in [5, 5.41) is 13.5. The Morgan fingerprint density at radius 2 is 1.80 bits per heavy atom. The molecule has 2 aromatic carbocycles. The third-order valence-corrected chi connectivity index (χ3v) is 4.69. The third-order valence-electron chi connectivity index (χ3n) is 4.69. The Morgan fingerprint density at radius 1 is 1.03 bits per heavy atom. The van der Waals surface area contributed by atoms with Crippen molar-refractivity contribution in [1.29, 1.82) is 0 Å². The van der Waals surface area contributed by atoms with Crippen molar-refractivity contribution in [3.05, 3.63) is 71.0 Å². The Morgan fingerprint density at radius 3 is 2.53 bits per heavy atom. The van der Waals surface area contributed by atoms with Crippen molar-refractivity contribution in [2.24, 2.45) is 0 Å². The second-order valence-corrected chi connectivity index (χ2v) is 6.83. The summed E-state index contributed by atoms with van der Waals surface area (Å²) in [5.74, 6) is -0.806. The van der Waals surface area contributed by atoms with Crippen LogP contribution in [-0.2, 0) is 17.8 Å². The van der Waals surface area contributed by atoms with Gasteiger partial charge in [-0.15, -0.1) is 5.10 Å². The average Bonchev–Trinajstić information content (AvgIpc) is 3.08. The largest absolute Gasteiger partial charge is 0.324 e. The number of hydrogen-bond donors (Lipinski definition) is 2. The lowest BCUT2D eigenvalue weighted by atomic mass is 10.1. The molecule has 0 bridgehead atoms. The first-order chi connectivity index (χ1) is 14.4. The molecule has 0 saturated carbocycles. The summed E-state index contributed by atoms with van der Waals surface area (Å²) in [6, 6.07) is 14.2. The predicted molar refractivity (Wildman–Crippen MR) is 114 cm³/mol. The monoisotopic (exact) mass is 405 g/mol. The van der Waals surface area contributed by atoms with Crippen LogP contribution in [0.5, 0.6) is 0 Å². The number of aromatic nitrogens is 3. The smallest absolute Gasteiger partial charge is 0.278 e. The average molecular weight is 405 g/mol. The Kier molecular flexibility index (Phi) is 6.36. The highest BCUT2D eigenvalue weighted by Gasteiger charge is 2.19. The van der Waals surface area contributed by atoms with Gasteiger partial charge in [0, 0.05) is 16.9 Å². The van der Waals surface area contributed by atoms with Crippen molar-refractivity contribution in [3.63, 3.8) is 0 Å². The maximum Gasteiger partial charge on any atom is 0.278 e. The first-order valence-corrected chi connectivity index (χ1v) is 9.59. The van der Waals surface area contributed by atoms with Gasteiger partial charge in [0.25, 0.3) is 5.91 Å². The zero-order valence-electron chi connectivity index (χ0n) is 17.1. The van der Waals surface area contributed by atoms with Crippen LogP contribution in [0.15, 0.2) is 48.5 Å². The van der Waals surface area contributed by atoms with Crippen LogP contribution in [0.4, 0.5) is 11.4 Å². The van der Waals surface area contributed by atoms with Crippen LogP contribution in [0.1, 0.15) is 46.0 Å². The van der Waals surface area contributed by atoms with Crippen molar-refractivity contribution in [2.75, 3.05) is 10.6 Å². The molecule has 0 unspecified atom stereocenters. The molecular formula is C22H23N5O3. The summed E-state index contributed by atoms with van der Waals surface area (Å²) < 4.78 is 1.37. The van der Waals surface area contributed by atoms with E-state index in [0.717, 1.165) is 17.7 Å². The van der Waals surface area contributed by atoms with E-state index in [9.17, 15) is 14.4 Å². The number of carbonyl (C=O) groups is 3. The van der Waals surface area contributed by atoms with Crippen LogP contribution in [-0.4, -0.2) is 32.6 Å². The van der Waals surface area contributed by atoms with E-state index < -0.39 is 0 Å². The van der Waals surface area contributed by atoms with Gasteiger partial charge in [0.2, 0.25) is 5.91 Å². The molecule has 8 heteroatoms. The van der Waals surface area contributed by atoms with Gasteiger partial charge in [-0.05, 0) is 44.0 Å². The van der Waals surface area contributed by atoms with Crippen molar-refractivity contribution in [3.8, 4) is 0 Å². The van der Waals surface area contributed by atoms with Crippen LogP contribution in [0, 0.1) is 6.92 Å². The third kappa shape index (κ3) is 4.78. The van der Waals surface area contributed by atoms with Crippen LogP contribution in [0.2, 0.25) is 0 Å². The fourth-order valence-electron chi connectivity index (χ4n) is 3.00. The Hall–Kier alpha value is -3.81. The molecule has 154 valence electrons. The number of nitrogens with one attached hydrogen (secondary N) is 2. The number of aryl methyl sites for hydroxylation is 1. The van der Waals surface area contributed by atoms with Gasteiger partial charge in [-0.25, -0.2) is 4.68 Å². The van der Waals surface area contributed by atoms with Crippen LogP contribution in [0.25, 0.3) is 0 Å². The van der Waals surface area contributed by atoms with Crippen LogP contribution < -0.4 is 10.6 Å². The first-order valence-electron chi connectivity index (χ1n) is 9.59. The molecule has 30 heavy (non-hydrogen) atoms. The van der Waals surface area contributed by atoms with E-state index in [1.54, 1.807) is 31.2 Å². The van der Waals surface area contributed by atoms with Crippen LogP contribution >= 0.6 is 0 Å². The second-order valence-electron chi connectivity index (χ2n) is 6.83. The number of ketones is 1. The molecule has 0 atom stereocenters. The SMILES string of the molecule is CCc1ccccc1NC(=O)c1nnn(CC(=O)Nc2cccc(C(C)=O)c2)c1C. The van der Waals surface area contributed by atoms with Crippen molar-refractivity contribution in [2.45, 2.75) is 33.7 Å². The van der Waals surface area contributed by atoms with E-state index in [4.69, 9.17) is 0 Å². The highest BCUT2D eigenvalue weighted by molar-refractivity contribution is 6.04. The van der Waals surface area contributed by atoms with Gasteiger partial charge in [0.1, 0.15) is 6.54 Å². The number of amides is 2. The number of hydrogen-bond acceptors (Lipinski definition) is 5. The lowest BCUT2D eigenvalue weighted by Crippen LogP contribution is -2.21. The number of nitrogens with zero attached hydrogens (tertiary/aromatic N) is 3. The standard InChI is InChI=1S/C22H23N5O3/c1-4-16-8-5-6-11-19(16)24-22(30)21-14(2)27(26-25-21)13-20(29)23-18-10-7-9-17(12-18)15(3)28/h5-12H,4,13H2,1-3H3,(H,23,29)(H,24,30). The van der Waals surface area contributed by atoms with Gasteiger partial charge in [-0.2, -0.15) is 0 Å². The molecule has 3 aromatic rings. The molecule has 0 spiro atoms. The quantitative estimate of drug-likeness (QED) is 0.587. The molecule has 2 amide bonds. The molecule has 2 N–H and O–H groups in total. The summed E-state index contributed by atoms with van der Waals surface area (Å²) in [6.45, 7) is 5.05. The second kappa shape index (κ2) is 9.13. The normalized spacial score (nSPS) is 10.5. The maximum absolute atomic E-state index is 12.6. The molecule has 8 nitrogen and oxygen atoms in total. The number of anilines is 2. The van der Waals surface area contributed by atoms with Gasteiger partial charge in [-0.1, -0.05) is 42.5 Å². The minimum atomic E-state index is -0.380.